The lowest BCUT2D eigenvalue weighted by Gasteiger charge is -2.26. The van der Waals surface area contributed by atoms with Crippen molar-refractivity contribution in [3.05, 3.63) is 68.8 Å². The van der Waals surface area contributed by atoms with Gasteiger partial charge >= 0.3 is 0 Å². The summed E-state index contributed by atoms with van der Waals surface area (Å²) >= 11 is 2.21. The van der Waals surface area contributed by atoms with E-state index in [-0.39, 0.29) is 11.9 Å². The van der Waals surface area contributed by atoms with E-state index in [0.717, 1.165) is 28.4 Å². The molecule has 0 heterocycles. The fourth-order valence-electron chi connectivity index (χ4n) is 2.79. The van der Waals surface area contributed by atoms with E-state index in [1.807, 2.05) is 24.3 Å². The van der Waals surface area contributed by atoms with Crippen LogP contribution in [0.1, 0.15) is 40.4 Å². The summed E-state index contributed by atoms with van der Waals surface area (Å²) in [6, 6.07) is 16.3. The van der Waals surface area contributed by atoms with Crippen LogP contribution in [-0.2, 0) is 6.42 Å². The second kappa shape index (κ2) is 5.95. The van der Waals surface area contributed by atoms with Gasteiger partial charge in [-0.2, -0.15) is 0 Å². The molecule has 0 radical (unpaired) electrons. The number of halogens is 1. The first-order valence-electron chi connectivity index (χ1n) is 6.89. The largest absolute Gasteiger partial charge is 0.345 e. The number of carbonyl (C=O) groups is 1. The predicted octanol–water partition coefficient (Wildman–Crippen LogP) is 4.10. The molecule has 0 bridgehead atoms. The quantitative estimate of drug-likeness (QED) is 0.785. The van der Waals surface area contributed by atoms with Crippen LogP contribution < -0.4 is 5.32 Å². The molecule has 0 aliphatic heterocycles. The molecular formula is C17H16INO. The Bertz CT molecular complexity index is 638. The van der Waals surface area contributed by atoms with Gasteiger partial charge in [-0.15, -0.1) is 0 Å². The van der Waals surface area contributed by atoms with Crippen molar-refractivity contribution >= 4 is 28.5 Å². The molecule has 20 heavy (non-hydrogen) atoms. The molecule has 3 heteroatoms. The van der Waals surface area contributed by atoms with Crippen LogP contribution in [-0.4, -0.2) is 5.91 Å². The molecule has 1 aliphatic carbocycles. The molecule has 2 aromatic carbocycles. The monoisotopic (exact) mass is 377 g/mol. The average Bonchev–Trinajstić information content (AvgIpc) is 2.48. The van der Waals surface area contributed by atoms with Crippen molar-refractivity contribution in [2.24, 2.45) is 0 Å². The molecule has 2 aromatic rings. The Morgan fingerprint density at radius 1 is 1.10 bits per heavy atom. The summed E-state index contributed by atoms with van der Waals surface area (Å²) in [5.74, 6) is 0.0247. The minimum absolute atomic E-state index is 0.0247. The lowest BCUT2D eigenvalue weighted by atomic mass is 9.87. The summed E-state index contributed by atoms with van der Waals surface area (Å²) in [6.45, 7) is 0. The molecule has 0 saturated heterocycles. The molecule has 1 amide bonds. The average molecular weight is 377 g/mol. The van der Waals surface area contributed by atoms with Crippen molar-refractivity contribution in [3.8, 4) is 0 Å². The fraction of sp³-hybridized carbons (Fsp3) is 0.235. The Hall–Kier alpha value is -1.36. The molecule has 0 unspecified atom stereocenters. The molecule has 0 aromatic heterocycles. The van der Waals surface area contributed by atoms with Gasteiger partial charge in [-0.05, 0) is 65.1 Å². The summed E-state index contributed by atoms with van der Waals surface area (Å²) in [5, 5.41) is 3.19. The first-order chi connectivity index (χ1) is 9.75. The summed E-state index contributed by atoms with van der Waals surface area (Å²) in [6.07, 6.45) is 3.27. The summed E-state index contributed by atoms with van der Waals surface area (Å²) in [7, 11) is 0. The number of benzene rings is 2. The Labute approximate surface area is 132 Å². The summed E-state index contributed by atoms with van der Waals surface area (Å²) in [5.41, 5.74) is 3.40. The van der Waals surface area contributed by atoms with Gasteiger partial charge in [-0.1, -0.05) is 36.4 Å². The SMILES string of the molecule is O=C(N[C@H]1CCCc2ccccc21)c1ccccc1I. The zero-order valence-electron chi connectivity index (χ0n) is 11.1. The van der Waals surface area contributed by atoms with E-state index in [9.17, 15) is 4.79 Å². The standard InChI is InChI=1S/C17H16INO/c18-15-10-4-3-9-14(15)17(20)19-16-11-5-7-12-6-1-2-8-13(12)16/h1-4,6,8-10,16H,5,7,11H2,(H,19,20)/t16-/m0/s1. The number of aryl methyl sites for hydroxylation is 1. The zero-order chi connectivity index (χ0) is 13.9. The van der Waals surface area contributed by atoms with Crippen LogP contribution in [0.3, 0.4) is 0 Å². The van der Waals surface area contributed by atoms with Crippen LogP contribution in [0.4, 0.5) is 0 Å². The predicted molar refractivity (Wildman–Crippen MR) is 88.7 cm³/mol. The number of amides is 1. The minimum atomic E-state index is 0.0247. The van der Waals surface area contributed by atoms with Crippen LogP contribution in [0.5, 0.6) is 0 Å². The van der Waals surface area contributed by atoms with E-state index in [1.54, 1.807) is 0 Å². The number of rotatable bonds is 2. The molecule has 1 atom stereocenters. The normalized spacial score (nSPS) is 17.4. The molecule has 0 fully saturated rings. The first-order valence-corrected chi connectivity index (χ1v) is 7.97. The molecule has 1 N–H and O–H groups in total. The summed E-state index contributed by atoms with van der Waals surface area (Å²) < 4.78 is 0.992. The van der Waals surface area contributed by atoms with Crippen molar-refractivity contribution in [2.45, 2.75) is 25.3 Å². The van der Waals surface area contributed by atoms with Gasteiger partial charge in [0.15, 0.2) is 0 Å². The van der Waals surface area contributed by atoms with E-state index in [4.69, 9.17) is 0 Å². The Morgan fingerprint density at radius 2 is 1.85 bits per heavy atom. The Morgan fingerprint density at radius 3 is 2.70 bits per heavy atom. The number of hydrogen-bond donors (Lipinski definition) is 1. The van der Waals surface area contributed by atoms with Gasteiger partial charge in [-0.3, -0.25) is 4.79 Å². The van der Waals surface area contributed by atoms with E-state index < -0.39 is 0 Å². The number of nitrogens with one attached hydrogen (secondary N) is 1. The highest BCUT2D eigenvalue weighted by Gasteiger charge is 2.22. The minimum Gasteiger partial charge on any atom is -0.345 e. The van der Waals surface area contributed by atoms with Gasteiger partial charge in [0.05, 0.1) is 11.6 Å². The lowest BCUT2D eigenvalue weighted by molar-refractivity contribution is 0.0932. The first kappa shape index (κ1) is 13.6. The molecular weight excluding hydrogens is 361 g/mol. The molecule has 2 nitrogen and oxygen atoms in total. The van der Waals surface area contributed by atoms with Crippen LogP contribution in [0, 0.1) is 3.57 Å². The van der Waals surface area contributed by atoms with Crippen molar-refractivity contribution < 1.29 is 4.79 Å². The third-order valence-electron chi connectivity index (χ3n) is 3.79. The van der Waals surface area contributed by atoms with Crippen LogP contribution in [0.25, 0.3) is 0 Å². The second-order valence-corrected chi connectivity index (χ2v) is 6.26. The molecule has 0 spiro atoms. The third kappa shape index (κ3) is 2.73. The van der Waals surface area contributed by atoms with Gasteiger partial charge in [0.25, 0.3) is 5.91 Å². The number of carbonyl (C=O) groups excluding carboxylic acids is 1. The van der Waals surface area contributed by atoms with Crippen molar-refractivity contribution in [1.29, 1.82) is 0 Å². The van der Waals surface area contributed by atoms with E-state index in [2.05, 4.69) is 52.2 Å². The number of fused-ring (bicyclic) bond motifs is 1. The van der Waals surface area contributed by atoms with Crippen LogP contribution in [0.15, 0.2) is 48.5 Å². The van der Waals surface area contributed by atoms with Crippen LogP contribution >= 0.6 is 22.6 Å². The maximum atomic E-state index is 12.4. The van der Waals surface area contributed by atoms with E-state index in [0.29, 0.717) is 0 Å². The van der Waals surface area contributed by atoms with Gasteiger partial charge < -0.3 is 5.32 Å². The highest BCUT2D eigenvalue weighted by Crippen LogP contribution is 2.29. The maximum absolute atomic E-state index is 12.4. The van der Waals surface area contributed by atoms with E-state index in [1.165, 1.54) is 11.1 Å². The molecule has 1 aliphatic rings. The third-order valence-corrected chi connectivity index (χ3v) is 4.73. The molecule has 102 valence electrons. The van der Waals surface area contributed by atoms with Gasteiger partial charge in [0, 0.05) is 3.57 Å². The second-order valence-electron chi connectivity index (χ2n) is 5.10. The number of hydrogen-bond acceptors (Lipinski definition) is 1. The lowest BCUT2D eigenvalue weighted by Crippen LogP contribution is -2.31. The van der Waals surface area contributed by atoms with Crippen LogP contribution in [0.2, 0.25) is 0 Å². The van der Waals surface area contributed by atoms with Crippen molar-refractivity contribution in [3.63, 3.8) is 0 Å². The summed E-state index contributed by atoms with van der Waals surface area (Å²) in [4.78, 5) is 12.4. The smallest absolute Gasteiger partial charge is 0.252 e. The van der Waals surface area contributed by atoms with Gasteiger partial charge in [-0.25, -0.2) is 0 Å². The topological polar surface area (TPSA) is 29.1 Å². The highest BCUT2D eigenvalue weighted by atomic mass is 127. The Kier molecular flexibility index (Phi) is 4.05. The Balaban J connectivity index is 1.83. The van der Waals surface area contributed by atoms with E-state index >= 15 is 0 Å². The highest BCUT2D eigenvalue weighted by molar-refractivity contribution is 14.1. The van der Waals surface area contributed by atoms with Crippen molar-refractivity contribution in [2.75, 3.05) is 0 Å². The maximum Gasteiger partial charge on any atom is 0.252 e. The molecule has 3 rings (SSSR count). The van der Waals surface area contributed by atoms with Gasteiger partial charge in [0.2, 0.25) is 0 Å². The van der Waals surface area contributed by atoms with Gasteiger partial charge in [0.1, 0.15) is 0 Å². The molecule has 0 saturated carbocycles. The fourth-order valence-corrected chi connectivity index (χ4v) is 3.42. The van der Waals surface area contributed by atoms with Crippen molar-refractivity contribution in [1.82, 2.24) is 5.32 Å². The zero-order valence-corrected chi connectivity index (χ0v) is 13.3.